The molecule has 22 heavy (non-hydrogen) atoms. The zero-order valence-corrected chi connectivity index (χ0v) is 13.3. The number of ether oxygens (including phenoxy) is 2. The van der Waals surface area contributed by atoms with E-state index in [0.717, 1.165) is 38.2 Å². The lowest BCUT2D eigenvalue weighted by molar-refractivity contribution is -0.132. The number of carbonyl (C=O) groups is 1. The lowest BCUT2D eigenvalue weighted by atomic mass is 10.0. The Kier molecular flexibility index (Phi) is 5.98. The number of esters is 1. The Morgan fingerprint density at radius 3 is 2.73 bits per heavy atom. The fourth-order valence-corrected chi connectivity index (χ4v) is 2.78. The summed E-state index contributed by atoms with van der Waals surface area (Å²) in [6.45, 7) is 9.27. The summed E-state index contributed by atoms with van der Waals surface area (Å²) >= 11 is 0. The van der Waals surface area contributed by atoms with E-state index in [1.54, 1.807) is 13.2 Å². The number of rotatable bonds is 6. The largest absolute Gasteiger partial charge is 0.493 e. The van der Waals surface area contributed by atoms with Gasteiger partial charge in [-0.2, -0.15) is 0 Å². The number of nitrogens with zero attached hydrogens (tertiary/aromatic N) is 1. The summed E-state index contributed by atoms with van der Waals surface area (Å²) in [5.74, 6) is 0.684. The normalized spacial score (nSPS) is 16.8. The fourth-order valence-electron chi connectivity index (χ4n) is 2.78. The van der Waals surface area contributed by atoms with Crippen molar-refractivity contribution in [2.45, 2.75) is 19.4 Å². The predicted molar refractivity (Wildman–Crippen MR) is 86.3 cm³/mol. The van der Waals surface area contributed by atoms with Gasteiger partial charge < -0.3 is 14.8 Å². The Hall–Kier alpha value is -1.85. The summed E-state index contributed by atoms with van der Waals surface area (Å²) in [4.78, 5) is 13.6. The lowest BCUT2D eigenvalue weighted by Gasteiger charge is -2.35. The third-order valence-electron chi connectivity index (χ3n) is 3.81. The van der Waals surface area contributed by atoms with Crippen LogP contribution in [0, 0.1) is 0 Å². The van der Waals surface area contributed by atoms with Crippen molar-refractivity contribution >= 4 is 5.97 Å². The molecule has 0 aromatic heterocycles. The molecule has 0 bridgehead atoms. The standard InChI is InChI=1S/C17H24N2O3/c1-4-5-15(19-10-8-18-9-11-19)14-6-7-16(22-13(2)20)17(12-14)21-3/h4,6-7,12,15,18H,1,5,8-11H2,2-3H3/t15-/m0/s1. The van der Waals surface area contributed by atoms with Crippen LogP contribution in [0.3, 0.4) is 0 Å². The zero-order chi connectivity index (χ0) is 15.9. The molecule has 0 unspecified atom stereocenters. The minimum absolute atomic E-state index is 0.264. The quantitative estimate of drug-likeness (QED) is 0.496. The molecule has 1 fully saturated rings. The molecule has 0 amide bonds. The van der Waals surface area contributed by atoms with E-state index in [1.165, 1.54) is 6.92 Å². The molecule has 120 valence electrons. The van der Waals surface area contributed by atoms with Crippen molar-refractivity contribution in [3.05, 3.63) is 36.4 Å². The van der Waals surface area contributed by atoms with Crippen molar-refractivity contribution in [2.75, 3.05) is 33.3 Å². The van der Waals surface area contributed by atoms with Crippen LogP contribution in [0.2, 0.25) is 0 Å². The maximum absolute atomic E-state index is 11.1. The van der Waals surface area contributed by atoms with E-state index in [0.29, 0.717) is 11.5 Å². The molecule has 1 N–H and O–H groups in total. The highest BCUT2D eigenvalue weighted by Crippen LogP contribution is 2.33. The number of carbonyl (C=O) groups excluding carboxylic acids is 1. The number of hydrogen-bond acceptors (Lipinski definition) is 5. The Morgan fingerprint density at radius 1 is 1.41 bits per heavy atom. The zero-order valence-electron chi connectivity index (χ0n) is 13.3. The van der Waals surface area contributed by atoms with Crippen molar-refractivity contribution in [3.63, 3.8) is 0 Å². The fraction of sp³-hybridized carbons (Fsp3) is 0.471. The van der Waals surface area contributed by atoms with Gasteiger partial charge >= 0.3 is 5.97 Å². The second-order valence-electron chi connectivity index (χ2n) is 5.33. The monoisotopic (exact) mass is 304 g/mol. The predicted octanol–water partition coefficient (Wildman–Crippen LogP) is 2.14. The molecule has 1 aliphatic rings. The van der Waals surface area contributed by atoms with Crippen LogP contribution in [0.25, 0.3) is 0 Å². The van der Waals surface area contributed by atoms with Gasteiger partial charge in [0.05, 0.1) is 7.11 Å². The highest BCUT2D eigenvalue weighted by atomic mass is 16.6. The van der Waals surface area contributed by atoms with E-state index in [4.69, 9.17) is 9.47 Å². The average molecular weight is 304 g/mol. The van der Waals surface area contributed by atoms with E-state index in [-0.39, 0.29) is 12.0 Å². The second-order valence-corrected chi connectivity index (χ2v) is 5.33. The van der Waals surface area contributed by atoms with Crippen LogP contribution >= 0.6 is 0 Å². The molecule has 0 aliphatic carbocycles. The van der Waals surface area contributed by atoms with Gasteiger partial charge in [-0.05, 0) is 24.1 Å². The molecule has 0 saturated carbocycles. The van der Waals surface area contributed by atoms with Crippen LogP contribution in [0.5, 0.6) is 11.5 Å². The highest BCUT2D eigenvalue weighted by molar-refractivity contribution is 5.70. The Morgan fingerprint density at radius 2 is 2.14 bits per heavy atom. The van der Waals surface area contributed by atoms with Crippen molar-refractivity contribution in [1.82, 2.24) is 10.2 Å². The topological polar surface area (TPSA) is 50.8 Å². The molecule has 5 heteroatoms. The SMILES string of the molecule is C=CC[C@@H](c1ccc(OC(C)=O)c(OC)c1)N1CCNCC1. The van der Waals surface area contributed by atoms with Crippen molar-refractivity contribution in [1.29, 1.82) is 0 Å². The van der Waals surface area contributed by atoms with E-state index in [2.05, 4.69) is 16.8 Å². The highest BCUT2D eigenvalue weighted by Gasteiger charge is 2.22. The molecule has 1 aromatic rings. The van der Waals surface area contributed by atoms with E-state index >= 15 is 0 Å². The van der Waals surface area contributed by atoms with E-state index in [9.17, 15) is 4.79 Å². The maximum Gasteiger partial charge on any atom is 0.308 e. The number of methoxy groups -OCH3 is 1. The van der Waals surface area contributed by atoms with Crippen LogP contribution < -0.4 is 14.8 Å². The lowest BCUT2D eigenvalue weighted by Crippen LogP contribution is -2.45. The molecule has 0 radical (unpaired) electrons. The summed E-state index contributed by atoms with van der Waals surface area (Å²) < 4.78 is 10.5. The Labute approximate surface area is 131 Å². The molecule has 1 heterocycles. The molecule has 5 nitrogen and oxygen atoms in total. The first-order valence-corrected chi connectivity index (χ1v) is 7.57. The Balaban J connectivity index is 2.26. The van der Waals surface area contributed by atoms with Gasteiger partial charge in [0.2, 0.25) is 0 Å². The molecule has 1 aromatic carbocycles. The van der Waals surface area contributed by atoms with Gasteiger partial charge in [0.1, 0.15) is 0 Å². The van der Waals surface area contributed by atoms with Gasteiger partial charge in [-0.15, -0.1) is 6.58 Å². The molecular formula is C17H24N2O3. The summed E-state index contributed by atoms with van der Waals surface area (Å²) in [6, 6.07) is 6.01. The van der Waals surface area contributed by atoms with Gasteiger partial charge in [-0.1, -0.05) is 12.1 Å². The van der Waals surface area contributed by atoms with Crippen LogP contribution in [-0.4, -0.2) is 44.2 Å². The van der Waals surface area contributed by atoms with Crippen LogP contribution in [0.15, 0.2) is 30.9 Å². The number of benzene rings is 1. The summed E-state index contributed by atoms with van der Waals surface area (Å²) in [5.41, 5.74) is 1.15. The average Bonchev–Trinajstić information content (AvgIpc) is 2.53. The minimum Gasteiger partial charge on any atom is -0.493 e. The van der Waals surface area contributed by atoms with Crippen LogP contribution in [0.1, 0.15) is 24.9 Å². The van der Waals surface area contributed by atoms with Gasteiger partial charge in [0, 0.05) is 39.1 Å². The third kappa shape index (κ3) is 4.08. The number of hydrogen-bond donors (Lipinski definition) is 1. The van der Waals surface area contributed by atoms with Crippen molar-refractivity contribution in [2.24, 2.45) is 0 Å². The maximum atomic E-state index is 11.1. The number of piperazine rings is 1. The molecule has 1 atom stereocenters. The van der Waals surface area contributed by atoms with E-state index in [1.807, 2.05) is 18.2 Å². The van der Waals surface area contributed by atoms with Gasteiger partial charge in [-0.25, -0.2) is 0 Å². The second kappa shape index (κ2) is 7.96. The molecular weight excluding hydrogens is 280 g/mol. The molecule has 2 rings (SSSR count). The van der Waals surface area contributed by atoms with Crippen LogP contribution in [-0.2, 0) is 4.79 Å². The van der Waals surface area contributed by atoms with Gasteiger partial charge in [-0.3, -0.25) is 9.69 Å². The van der Waals surface area contributed by atoms with E-state index < -0.39 is 0 Å². The van der Waals surface area contributed by atoms with Crippen molar-refractivity contribution < 1.29 is 14.3 Å². The molecule has 1 aliphatic heterocycles. The summed E-state index contributed by atoms with van der Waals surface area (Å²) in [5, 5.41) is 3.37. The van der Waals surface area contributed by atoms with Crippen molar-refractivity contribution in [3.8, 4) is 11.5 Å². The first kappa shape index (κ1) is 16.5. The first-order valence-electron chi connectivity index (χ1n) is 7.57. The third-order valence-corrected chi connectivity index (χ3v) is 3.81. The molecule has 1 saturated heterocycles. The first-order chi connectivity index (χ1) is 10.7. The van der Waals surface area contributed by atoms with Gasteiger partial charge in [0.25, 0.3) is 0 Å². The number of nitrogens with one attached hydrogen (secondary N) is 1. The minimum atomic E-state index is -0.351. The molecule has 0 spiro atoms. The Bertz CT molecular complexity index is 525. The summed E-state index contributed by atoms with van der Waals surface area (Å²) in [6.07, 6.45) is 2.81. The smallest absolute Gasteiger partial charge is 0.308 e. The van der Waals surface area contributed by atoms with Crippen LogP contribution in [0.4, 0.5) is 0 Å². The van der Waals surface area contributed by atoms with Gasteiger partial charge in [0.15, 0.2) is 11.5 Å². The summed E-state index contributed by atoms with van der Waals surface area (Å²) in [7, 11) is 1.58.